The summed E-state index contributed by atoms with van der Waals surface area (Å²) in [6.45, 7) is 3.29. The van der Waals surface area contributed by atoms with Crippen molar-refractivity contribution in [1.29, 1.82) is 0 Å². The van der Waals surface area contributed by atoms with Gasteiger partial charge in [0.25, 0.3) is 0 Å². The van der Waals surface area contributed by atoms with Crippen LogP contribution in [0.5, 0.6) is 0 Å². The number of piperidine rings is 1. The number of rotatable bonds is 4. The number of Topliss-reactive ketones (excluding diaryl/α,β-unsaturated/α-hetero) is 1. The molecule has 1 fully saturated rings. The van der Waals surface area contributed by atoms with Crippen molar-refractivity contribution in [2.75, 3.05) is 6.54 Å². The Labute approximate surface area is 117 Å². The van der Waals surface area contributed by atoms with Crippen molar-refractivity contribution < 1.29 is 4.79 Å². The largest absolute Gasteiger partial charge is 0.314 e. The fraction of sp³-hybridized carbons (Fsp3) is 0.533. The summed E-state index contributed by atoms with van der Waals surface area (Å²) >= 11 is 3.41. The number of carbonyl (C=O) groups excluding carboxylic acids is 1. The number of carbonyl (C=O) groups is 1. The maximum absolute atomic E-state index is 12.2. The van der Waals surface area contributed by atoms with E-state index in [-0.39, 0.29) is 5.78 Å². The van der Waals surface area contributed by atoms with Gasteiger partial charge < -0.3 is 5.32 Å². The molecule has 1 N–H and O–H groups in total. The molecular weight excluding hydrogens is 290 g/mol. The molecule has 1 aliphatic heterocycles. The summed E-state index contributed by atoms with van der Waals surface area (Å²) in [6.07, 6.45) is 4.23. The zero-order chi connectivity index (χ0) is 13.0. The molecule has 2 nitrogen and oxygen atoms in total. The van der Waals surface area contributed by atoms with Gasteiger partial charge in [0.15, 0.2) is 5.78 Å². The molecule has 0 radical (unpaired) electrons. The highest BCUT2D eigenvalue weighted by atomic mass is 79.9. The van der Waals surface area contributed by atoms with Crippen LogP contribution in [0, 0.1) is 5.92 Å². The lowest BCUT2D eigenvalue weighted by Gasteiger charge is -2.29. The Morgan fingerprint density at radius 2 is 2.33 bits per heavy atom. The Morgan fingerprint density at radius 1 is 1.50 bits per heavy atom. The quantitative estimate of drug-likeness (QED) is 0.857. The lowest BCUT2D eigenvalue weighted by Crippen LogP contribution is -2.39. The predicted molar refractivity (Wildman–Crippen MR) is 77.9 cm³/mol. The highest BCUT2D eigenvalue weighted by molar-refractivity contribution is 9.10. The van der Waals surface area contributed by atoms with Crippen LogP contribution in [0.3, 0.4) is 0 Å². The summed E-state index contributed by atoms with van der Waals surface area (Å²) in [5.41, 5.74) is 0.810. The van der Waals surface area contributed by atoms with Crippen LogP contribution in [0.4, 0.5) is 0 Å². The molecule has 1 aromatic rings. The Bertz CT molecular complexity index is 419. The summed E-state index contributed by atoms with van der Waals surface area (Å²) in [7, 11) is 0. The van der Waals surface area contributed by atoms with Crippen LogP contribution in [-0.4, -0.2) is 18.4 Å². The number of halogens is 1. The number of hydrogen-bond acceptors (Lipinski definition) is 2. The van der Waals surface area contributed by atoms with E-state index < -0.39 is 0 Å². The Morgan fingerprint density at radius 3 is 3.06 bits per heavy atom. The molecule has 0 aromatic heterocycles. The third-order valence-electron chi connectivity index (χ3n) is 3.76. The summed E-state index contributed by atoms with van der Waals surface area (Å²) in [5, 5.41) is 3.47. The minimum Gasteiger partial charge on any atom is -0.314 e. The van der Waals surface area contributed by atoms with E-state index in [9.17, 15) is 4.79 Å². The minimum absolute atomic E-state index is 0.241. The molecule has 0 amide bonds. The monoisotopic (exact) mass is 309 g/mol. The second-order valence-corrected chi connectivity index (χ2v) is 6.00. The first-order chi connectivity index (χ1) is 8.69. The van der Waals surface area contributed by atoms with Crippen molar-refractivity contribution in [2.24, 2.45) is 5.92 Å². The molecule has 1 aromatic carbocycles. The number of ketones is 1. The van der Waals surface area contributed by atoms with Crippen molar-refractivity contribution in [3.63, 3.8) is 0 Å². The number of hydrogen-bond donors (Lipinski definition) is 1. The highest BCUT2D eigenvalue weighted by Crippen LogP contribution is 2.22. The van der Waals surface area contributed by atoms with E-state index >= 15 is 0 Å². The van der Waals surface area contributed by atoms with E-state index in [0.717, 1.165) is 28.9 Å². The molecule has 0 aliphatic carbocycles. The molecule has 0 saturated carbocycles. The standard InChI is InChI=1S/C15H20BrNO/c1-2-11-6-7-17-14(8-11)10-15(18)12-4-3-5-13(16)9-12/h3-5,9,11,14,17H,2,6-8,10H2,1H3. The maximum atomic E-state index is 12.2. The van der Waals surface area contributed by atoms with E-state index in [0.29, 0.717) is 12.5 Å². The SMILES string of the molecule is CCC1CCNC(CC(=O)c2cccc(Br)c2)C1. The summed E-state index contributed by atoms with van der Waals surface area (Å²) in [5.74, 6) is 1.03. The Balaban J connectivity index is 1.95. The fourth-order valence-electron chi connectivity index (χ4n) is 2.62. The van der Waals surface area contributed by atoms with Crippen molar-refractivity contribution >= 4 is 21.7 Å². The molecule has 0 bridgehead atoms. The van der Waals surface area contributed by atoms with E-state index in [4.69, 9.17) is 0 Å². The summed E-state index contributed by atoms with van der Waals surface area (Å²) < 4.78 is 0.969. The van der Waals surface area contributed by atoms with Crippen molar-refractivity contribution in [1.82, 2.24) is 5.32 Å². The van der Waals surface area contributed by atoms with Gasteiger partial charge in [0.2, 0.25) is 0 Å². The van der Waals surface area contributed by atoms with Crippen molar-refractivity contribution in [2.45, 2.75) is 38.6 Å². The van der Waals surface area contributed by atoms with Gasteiger partial charge in [-0.1, -0.05) is 41.4 Å². The molecule has 98 valence electrons. The van der Waals surface area contributed by atoms with Gasteiger partial charge in [0, 0.05) is 22.5 Å². The van der Waals surface area contributed by atoms with Gasteiger partial charge in [-0.25, -0.2) is 0 Å². The lowest BCUT2D eigenvalue weighted by molar-refractivity contribution is 0.0957. The molecule has 0 spiro atoms. The molecule has 2 unspecified atom stereocenters. The molecular formula is C15H20BrNO. The van der Waals surface area contributed by atoms with Crippen LogP contribution >= 0.6 is 15.9 Å². The van der Waals surface area contributed by atoms with Crippen LogP contribution in [-0.2, 0) is 0 Å². The summed E-state index contributed by atoms with van der Waals surface area (Å²) in [4.78, 5) is 12.2. The van der Waals surface area contributed by atoms with Gasteiger partial charge in [0.05, 0.1) is 0 Å². The first-order valence-corrected chi connectivity index (χ1v) is 7.50. The molecule has 2 atom stereocenters. The van der Waals surface area contributed by atoms with Gasteiger partial charge in [-0.2, -0.15) is 0 Å². The van der Waals surface area contributed by atoms with Crippen LogP contribution in [0.1, 0.15) is 43.0 Å². The smallest absolute Gasteiger partial charge is 0.164 e. The lowest BCUT2D eigenvalue weighted by atomic mass is 9.87. The van der Waals surface area contributed by atoms with Crippen LogP contribution in [0.25, 0.3) is 0 Å². The van der Waals surface area contributed by atoms with E-state index in [2.05, 4.69) is 28.2 Å². The Kier molecular flexibility index (Phi) is 4.95. The molecule has 3 heteroatoms. The minimum atomic E-state index is 0.241. The van der Waals surface area contributed by atoms with Crippen molar-refractivity contribution in [3.8, 4) is 0 Å². The Hall–Kier alpha value is -0.670. The predicted octanol–water partition coefficient (Wildman–Crippen LogP) is 3.80. The second-order valence-electron chi connectivity index (χ2n) is 5.09. The first-order valence-electron chi connectivity index (χ1n) is 6.71. The normalized spacial score (nSPS) is 23.9. The van der Waals surface area contributed by atoms with Gasteiger partial charge in [-0.15, -0.1) is 0 Å². The van der Waals surface area contributed by atoms with Gasteiger partial charge in [-0.05, 0) is 37.4 Å². The van der Waals surface area contributed by atoms with Crippen molar-refractivity contribution in [3.05, 3.63) is 34.3 Å². The topological polar surface area (TPSA) is 29.1 Å². The first kappa shape index (κ1) is 13.8. The average Bonchev–Trinajstić information content (AvgIpc) is 2.39. The summed E-state index contributed by atoms with van der Waals surface area (Å²) in [6, 6.07) is 8.02. The van der Waals surface area contributed by atoms with Crippen LogP contribution in [0.2, 0.25) is 0 Å². The van der Waals surface area contributed by atoms with Crippen LogP contribution in [0.15, 0.2) is 28.7 Å². The third kappa shape index (κ3) is 3.66. The zero-order valence-corrected chi connectivity index (χ0v) is 12.4. The highest BCUT2D eigenvalue weighted by Gasteiger charge is 2.22. The molecule has 18 heavy (non-hydrogen) atoms. The zero-order valence-electron chi connectivity index (χ0n) is 10.8. The molecule has 1 aliphatic rings. The fourth-order valence-corrected chi connectivity index (χ4v) is 3.02. The third-order valence-corrected chi connectivity index (χ3v) is 4.25. The van der Waals surface area contributed by atoms with E-state index in [1.165, 1.54) is 12.8 Å². The van der Waals surface area contributed by atoms with Gasteiger partial charge >= 0.3 is 0 Å². The molecule has 2 rings (SSSR count). The average molecular weight is 310 g/mol. The van der Waals surface area contributed by atoms with Gasteiger partial charge in [0.1, 0.15) is 0 Å². The van der Waals surface area contributed by atoms with Gasteiger partial charge in [-0.3, -0.25) is 4.79 Å². The molecule has 1 heterocycles. The van der Waals surface area contributed by atoms with Crippen LogP contribution < -0.4 is 5.32 Å². The van der Waals surface area contributed by atoms with E-state index in [1.54, 1.807) is 0 Å². The number of benzene rings is 1. The maximum Gasteiger partial charge on any atom is 0.164 e. The number of nitrogens with one attached hydrogen (secondary N) is 1. The van der Waals surface area contributed by atoms with E-state index in [1.807, 2.05) is 24.3 Å². The second kappa shape index (κ2) is 6.48. The molecule has 1 saturated heterocycles.